The molecule has 0 radical (unpaired) electrons. The van der Waals surface area contributed by atoms with Gasteiger partial charge in [-0.05, 0) is 61.6 Å². The molecule has 0 amide bonds. The van der Waals surface area contributed by atoms with Crippen LogP contribution in [0, 0.1) is 5.82 Å². The molecule has 0 bridgehead atoms. The third-order valence-electron chi connectivity index (χ3n) is 4.86. The number of ether oxygens (including phenoxy) is 2. The Morgan fingerprint density at radius 2 is 1.89 bits per heavy atom. The first-order chi connectivity index (χ1) is 13.6. The van der Waals surface area contributed by atoms with E-state index in [1.807, 2.05) is 31.2 Å². The van der Waals surface area contributed by atoms with Crippen LogP contribution in [0.3, 0.4) is 0 Å². The maximum absolute atomic E-state index is 13.6. The number of quaternary nitrogens is 1. The molecule has 1 fully saturated rings. The molecule has 2 aromatic rings. The molecule has 1 aliphatic heterocycles. The van der Waals surface area contributed by atoms with Crippen molar-refractivity contribution >= 4 is 23.0 Å². The van der Waals surface area contributed by atoms with E-state index in [1.165, 1.54) is 11.0 Å². The molecule has 7 heteroatoms. The van der Waals surface area contributed by atoms with E-state index in [1.54, 1.807) is 19.2 Å². The summed E-state index contributed by atoms with van der Waals surface area (Å²) in [5.41, 5.74) is 1.86. The zero-order valence-electron chi connectivity index (χ0n) is 16.3. The van der Waals surface area contributed by atoms with Gasteiger partial charge in [0.1, 0.15) is 23.9 Å². The van der Waals surface area contributed by atoms with Crippen molar-refractivity contribution in [3.63, 3.8) is 0 Å². The summed E-state index contributed by atoms with van der Waals surface area (Å²) in [7, 11) is 1.62. The first-order valence-electron chi connectivity index (χ1n) is 9.54. The lowest BCUT2D eigenvalue weighted by Crippen LogP contribution is -3.13. The Morgan fingerprint density at radius 1 is 1.18 bits per heavy atom. The number of halogens is 1. The summed E-state index contributed by atoms with van der Waals surface area (Å²) in [5, 5.41) is 4.02. The molecule has 3 rings (SSSR count). The molecule has 0 atom stereocenters. The maximum Gasteiger partial charge on any atom is 0.173 e. The van der Waals surface area contributed by atoms with Gasteiger partial charge in [0, 0.05) is 5.69 Å². The van der Waals surface area contributed by atoms with Crippen molar-refractivity contribution in [1.29, 1.82) is 0 Å². The van der Waals surface area contributed by atoms with Crippen molar-refractivity contribution in [1.82, 2.24) is 4.90 Å². The van der Waals surface area contributed by atoms with Crippen LogP contribution in [0.15, 0.2) is 42.5 Å². The van der Waals surface area contributed by atoms with Gasteiger partial charge in [0.05, 0.1) is 45.5 Å². The highest BCUT2D eigenvalue weighted by atomic mass is 32.1. The van der Waals surface area contributed by atoms with Crippen molar-refractivity contribution in [3.8, 4) is 11.5 Å². The van der Waals surface area contributed by atoms with Crippen LogP contribution in [0.25, 0.3) is 0 Å². The fraction of sp³-hybridized carbons (Fsp3) is 0.381. The molecule has 0 aliphatic carbocycles. The highest BCUT2D eigenvalue weighted by Gasteiger charge is 2.23. The number of hydrogen-bond donors (Lipinski definition) is 2. The Morgan fingerprint density at radius 3 is 2.54 bits per heavy atom. The summed E-state index contributed by atoms with van der Waals surface area (Å²) >= 11 is 5.57. The molecule has 0 saturated carbocycles. The van der Waals surface area contributed by atoms with Gasteiger partial charge in [-0.3, -0.25) is 0 Å². The van der Waals surface area contributed by atoms with Crippen molar-refractivity contribution in [2.24, 2.45) is 0 Å². The lowest BCUT2D eigenvalue weighted by molar-refractivity contribution is -0.917. The van der Waals surface area contributed by atoms with Crippen LogP contribution in [0.1, 0.15) is 12.5 Å². The van der Waals surface area contributed by atoms with Gasteiger partial charge in [-0.1, -0.05) is 0 Å². The molecule has 150 valence electrons. The smallest absolute Gasteiger partial charge is 0.173 e. The third kappa shape index (κ3) is 5.33. The van der Waals surface area contributed by atoms with E-state index in [0.717, 1.165) is 60.6 Å². The summed E-state index contributed by atoms with van der Waals surface area (Å²) in [6, 6.07) is 12.5. The minimum atomic E-state index is -0.227. The van der Waals surface area contributed by atoms with Crippen molar-refractivity contribution in [2.45, 2.75) is 13.5 Å². The Labute approximate surface area is 171 Å². The number of anilines is 1. The second kappa shape index (κ2) is 9.71. The van der Waals surface area contributed by atoms with E-state index in [9.17, 15) is 4.39 Å². The largest absolute Gasteiger partial charge is 0.496 e. The average molecular weight is 405 g/mol. The van der Waals surface area contributed by atoms with E-state index < -0.39 is 0 Å². The van der Waals surface area contributed by atoms with Crippen LogP contribution in [-0.4, -0.2) is 49.9 Å². The molecule has 2 aromatic carbocycles. The molecular formula is C21H27FN3O2S+. The van der Waals surface area contributed by atoms with Crippen LogP contribution >= 0.6 is 12.2 Å². The van der Waals surface area contributed by atoms with Gasteiger partial charge in [-0.25, -0.2) is 4.39 Å². The number of methoxy groups -OCH3 is 1. The molecule has 1 heterocycles. The average Bonchev–Trinajstić information content (AvgIpc) is 2.70. The van der Waals surface area contributed by atoms with Gasteiger partial charge in [-0.2, -0.15) is 0 Å². The Balaban J connectivity index is 1.50. The van der Waals surface area contributed by atoms with Crippen LogP contribution < -0.4 is 19.7 Å². The van der Waals surface area contributed by atoms with Gasteiger partial charge in [-0.15, -0.1) is 0 Å². The maximum atomic E-state index is 13.6. The zero-order chi connectivity index (χ0) is 19.9. The molecule has 5 nitrogen and oxygen atoms in total. The Bertz CT molecular complexity index is 793. The molecule has 0 spiro atoms. The van der Waals surface area contributed by atoms with Crippen LogP contribution in [0.2, 0.25) is 0 Å². The minimum Gasteiger partial charge on any atom is -0.496 e. The quantitative estimate of drug-likeness (QED) is 0.723. The van der Waals surface area contributed by atoms with Crippen LogP contribution in [0.4, 0.5) is 10.1 Å². The van der Waals surface area contributed by atoms with Gasteiger partial charge >= 0.3 is 0 Å². The molecule has 2 N–H and O–H groups in total. The van der Waals surface area contributed by atoms with Gasteiger partial charge in [0.15, 0.2) is 5.11 Å². The normalized spacial score (nSPS) is 14.6. The van der Waals surface area contributed by atoms with Crippen LogP contribution in [0.5, 0.6) is 11.5 Å². The summed E-state index contributed by atoms with van der Waals surface area (Å²) in [6.45, 7) is 6.95. The molecule has 0 unspecified atom stereocenters. The predicted molar refractivity (Wildman–Crippen MR) is 113 cm³/mol. The summed E-state index contributed by atoms with van der Waals surface area (Å²) in [5.74, 6) is 1.36. The third-order valence-corrected chi connectivity index (χ3v) is 5.22. The van der Waals surface area contributed by atoms with Gasteiger partial charge in [0.2, 0.25) is 0 Å². The lowest BCUT2D eigenvalue weighted by atomic mass is 10.1. The molecular weight excluding hydrogens is 377 g/mol. The number of rotatable bonds is 6. The summed E-state index contributed by atoms with van der Waals surface area (Å²) in [6.07, 6.45) is 0. The number of thiocarbonyl (C=S) groups is 1. The highest BCUT2D eigenvalue weighted by molar-refractivity contribution is 7.80. The number of benzene rings is 2. The van der Waals surface area contributed by atoms with Crippen molar-refractivity contribution < 1.29 is 18.8 Å². The summed E-state index contributed by atoms with van der Waals surface area (Å²) in [4.78, 5) is 3.57. The standard InChI is InChI=1S/C21H26FN3O2S/c1-3-27-19-7-5-18(6-8-19)23-21(28)25-12-10-24(11-13-25)15-16-14-17(22)4-9-20(16)26-2/h4-9,14H,3,10-13,15H2,1-2H3,(H,23,28)/p+1. The SMILES string of the molecule is CCOc1ccc(NC(=S)N2CC[NH+](Cc3cc(F)ccc3OC)CC2)cc1. The topological polar surface area (TPSA) is 38.2 Å². The lowest BCUT2D eigenvalue weighted by Gasteiger charge is -2.34. The first-order valence-corrected chi connectivity index (χ1v) is 9.94. The van der Waals surface area contributed by atoms with Crippen molar-refractivity contribution in [3.05, 3.63) is 53.8 Å². The number of nitrogens with zero attached hydrogens (tertiary/aromatic N) is 1. The Hall–Kier alpha value is -2.38. The fourth-order valence-electron chi connectivity index (χ4n) is 3.36. The summed E-state index contributed by atoms with van der Waals surface area (Å²) < 4.78 is 24.4. The number of hydrogen-bond acceptors (Lipinski definition) is 3. The number of piperazine rings is 1. The van der Waals surface area contributed by atoms with E-state index in [-0.39, 0.29) is 5.82 Å². The van der Waals surface area contributed by atoms with E-state index >= 15 is 0 Å². The molecule has 0 aromatic heterocycles. The van der Waals surface area contributed by atoms with E-state index in [0.29, 0.717) is 6.61 Å². The van der Waals surface area contributed by atoms with Gasteiger partial charge in [0.25, 0.3) is 0 Å². The monoisotopic (exact) mass is 404 g/mol. The fourth-order valence-corrected chi connectivity index (χ4v) is 3.66. The van der Waals surface area contributed by atoms with Crippen LogP contribution in [-0.2, 0) is 6.54 Å². The van der Waals surface area contributed by atoms with Gasteiger partial charge < -0.3 is 24.6 Å². The second-order valence-electron chi connectivity index (χ2n) is 6.76. The minimum absolute atomic E-state index is 0.227. The second-order valence-corrected chi connectivity index (χ2v) is 7.14. The molecule has 1 aliphatic rings. The first kappa shape index (κ1) is 20.4. The highest BCUT2D eigenvalue weighted by Crippen LogP contribution is 2.18. The van der Waals surface area contributed by atoms with E-state index in [2.05, 4.69) is 10.2 Å². The van der Waals surface area contributed by atoms with E-state index in [4.69, 9.17) is 21.7 Å². The Kier molecular flexibility index (Phi) is 7.06. The predicted octanol–water partition coefficient (Wildman–Crippen LogP) is 2.33. The molecule has 1 saturated heterocycles. The number of nitrogens with one attached hydrogen (secondary N) is 2. The van der Waals surface area contributed by atoms with Crippen molar-refractivity contribution in [2.75, 3.05) is 45.2 Å². The molecule has 28 heavy (non-hydrogen) atoms. The zero-order valence-corrected chi connectivity index (χ0v) is 17.2.